The zero-order valence-corrected chi connectivity index (χ0v) is 21.3. The van der Waals surface area contributed by atoms with E-state index in [1.54, 1.807) is 24.1 Å². The SMILES string of the molecule is CCN1N[C@H](C(C)C)CNc2c(nc(-c3ccc(-c4nnc(C)o4)cc3)n2Cc2ccc(F)cc2)C1=O. The monoisotopic (exact) mass is 503 g/mol. The molecule has 0 spiro atoms. The molecule has 37 heavy (non-hydrogen) atoms. The van der Waals surface area contributed by atoms with Gasteiger partial charge in [0.1, 0.15) is 17.5 Å². The highest BCUT2D eigenvalue weighted by molar-refractivity contribution is 5.98. The van der Waals surface area contributed by atoms with Crippen LogP contribution in [-0.4, -0.2) is 49.8 Å². The smallest absolute Gasteiger partial charge is 0.290 e. The molecule has 1 amide bonds. The third-order valence-corrected chi connectivity index (χ3v) is 6.52. The van der Waals surface area contributed by atoms with Gasteiger partial charge in [-0.05, 0) is 42.7 Å². The van der Waals surface area contributed by atoms with Crippen LogP contribution in [0.4, 0.5) is 10.2 Å². The maximum Gasteiger partial charge on any atom is 0.290 e. The topological polar surface area (TPSA) is 101 Å². The van der Waals surface area contributed by atoms with E-state index in [1.165, 1.54) is 12.1 Å². The number of imidazole rings is 1. The molecule has 10 heteroatoms. The summed E-state index contributed by atoms with van der Waals surface area (Å²) in [5.41, 5.74) is 6.19. The number of hydrazine groups is 1. The van der Waals surface area contributed by atoms with Gasteiger partial charge < -0.3 is 14.3 Å². The highest BCUT2D eigenvalue weighted by Gasteiger charge is 2.31. The van der Waals surface area contributed by atoms with Crippen LogP contribution in [0.3, 0.4) is 0 Å². The molecule has 0 bridgehead atoms. The summed E-state index contributed by atoms with van der Waals surface area (Å²) >= 11 is 0. The molecule has 1 aliphatic heterocycles. The minimum absolute atomic E-state index is 0.0480. The summed E-state index contributed by atoms with van der Waals surface area (Å²) in [6, 6.07) is 14.0. The predicted molar refractivity (Wildman–Crippen MR) is 138 cm³/mol. The van der Waals surface area contributed by atoms with E-state index in [0.717, 1.165) is 16.7 Å². The third kappa shape index (κ3) is 4.97. The van der Waals surface area contributed by atoms with Crippen LogP contribution in [0.2, 0.25) is 0 Å². The van der Waals surface area contributed by atoms with Crippen molar-refractivity contribution in [1.29, 1.82) is 0 Å². The molecule has 192 valence electrons. The van der Waals surface area contributed by atoms with E-state index in [0.29, 0.717) is 54.7 Å². The second-order valence-corrected chi connectivity index (χ2v) is 9.46. The number of hydrogen-bond acceptors (Lipinski definition) is 7. The lowest BCUT2D eigenvalue weighted by Crippen LogP contribution is -2.54. The van der Waals surface area contributed by atoms with Crippen molar-refractivity contribution in [3.63, 3.8) is 0 Å². The predicted octanol–water partition coefficient (Wildman–Crippen LogP) is 4.51. The van der Waals surface area contributed by atoms with Gasteiger partial charge >= 0.3 is 0 Å². The first-order valence-electron chi connectivity index (χ1n) is 12.4. The molecular formula is C27H30FN7O2. The number of carbonyl (C=O) groups is 1. The summed E-state index contributed by atoms with van der Waals surface area (Å²) in [6.45, 7) is 9.44. The quantitative estimate of drug-likeness (QED) is 0.399. The minimum Gasteiger partial charge on any atom is -0.421 e. The Morgan fingerprint density at radius 1 is 1.08 bits per heavy atom. The van der Waals surface area contributed by atoms with Crippen molar-refractivity contribution < 1.29 is 13.6 Å². The lowest BCUT2D eigenvalue weighted by atomic mass is 10.0. The zero-order chi connectivity index (χ0) is 26.1. The van der Waals surface area contributed by atoms with Crippen LogP contribution in [0.5, 0.6) is 0 Å². The standard InChI is InChI=1S/C27H30FN7O2/c1-5-35-27(36)23-25(29-14-22(33-35)16(2)3)34(15-18-6-12-21(28)13-7-18)24(30-23)19-8-10-20(11-9-19)26-32-31-17(4)37-26/h6-13,16,22,29,33H,5,14-15H2,1-4H3/t22-/m0/s1. The number of hydrogen-bond donors (Lipinski definition) is 2. The molecule has 0 unspecified atom stereocenters. The second-order valence-electron chi connectivity index (χ2n) is 9.46. The van der Waals surface area contributed by atoms with E-state index >= 15 is 0 Å². The summed E-state index contributed by atoms with van der Waals surface area (Å²) in [4.78, 5) is 18.4. The third-order valence-electron chi connectivity index (χ3n) is 6.52. The van der Waals surface area contributed by atoms with Gasteiger partial charge in [-0.2, -0.15) is 0 Å². The first-order chi connectivity index (χ1) is 17.8. The summed E-state index contributed by atoms with van der Waals surface area (Å²) in [7, 11) is 0. The Kier molecular flexibility index (Phi) is 6.75. The van der Waals surface area contributed by atoms with Crippen LogP contribution in [0.25, 0.3) is 22.8 Å². The molecule has 4 aromatic rings. The Labute approximate surface area is 214 Å². The van der Waals surface area contributed by atoms with Crippen LogP contribution >= 0.6 is 0 Å². The number of benzene rings is 2. The van der Waals surface area contributed by atoms with E-state index in [1.807, 2.05) is 35.8 Å². The summed E-state index contributed by atoms with van der Waals surface area (Å²) in [5, 5.41) is 13.1. The molecule has 0 saturated carbocycles. The van der Waals surface area contributed by atoms with Crippen molar-refractivity contribution in [2.75, 3.05) is 18.4 Å². The van der Waals surface area contributed by atoms with Gasteiger partial charge in [0.05, 0.1) is 6.54 Å². The molecule has 1 atom stereocenters. The fraction of sp³-hybridized carbons (Fsp3) is 0.333. The summed E-state index contributed by atoms with van der Waals surface area (Å²) < 4.78 is 21.1. The Morgan fingerprint density at radius 3 is 2.41 bits per heavy atom. The van der Waals surface area contributed by atoms with Crippen molar-refractivity contribution in [2.45, 2.75) is 40.3 Å². The Bertz CT molecular complexity index is 1390. The first-order valence-corrected chi connectivity index (χ1v) is 12.4. The Balaban J connectivity index is 1.61. The molecule has 3 heterocycles. The number of amides is 1. The van der Waals surface area contributed by atoms with Crippen molar-refractivity contribution in [3.05, 3.63) is 71.5 Å². The molecule has 5 rings (SSSR count). The first kappa shape index (κ1) is 24.6. The van der Waals surface area contributed by atoms with Gasteiger partial charge in [0.2, 0.25) is 11.8 Å². The minimum atomic E-state index is -0.297. The van der Waals surface area contributed by atoms with Gasteiger partial charge in [-0.25, -0.2) is 14.8 Å². The van der Waals surface area contributed by atoms with Crippen molar-refractivity contribution in [2.24, 2.45) is 5.92 Å². The molecule has 9 nitrogen and oxygen atoms in total. The van der Waals surface area contributed by atoms with Gasteiger partial charge in [-0.1, -0.05) is 38.1 Å². The van der Waals surface area contributed by atoms with E-state index < -0.39 is 0 Å². The molecule has 2 N–H and O–H groups in total. The van der Waals surface area contributed by atoms with Gasteiger partial charge in [0.15, 0.2) is 5.69 Å². The lowest BCUT2D eigenvalue weighted by Gasteiger charge is -2.33. The van der Waals surface area contributed by atoms with Gasteiger partial charge in [-0.3, -0.25) is 9.80 Å². The number of fused-ring (bicyclic) bond motifs is 1. The highest BCUT2D eigenvalue weighted by atomic mass is 19.1. The van der Waals surface area contributed by atoms with Crippen LogP contribution in [0, 0.1) is 18.7 Å². The number of halogens is 1. The second kappa shape index (κ2) is 10.1. The summed E-state index contributed by atoms with van der Waals surface area (Å²) in [5.74, 6) is 2.00. The number of rotatable bonds is 6. The van der Waals surface area contributed by atoms with E-state index in [9.17, 15) is 9.18 Å². The number of anilines is 1. The number of nitrogens with zero attached hydrogens (tertiary/aromatic N) is 5. The fourth-order valence-corrected chi connectivity index (χ4v) is 4.36. The molecule has 2 aromatic carbocycles. The average molecular weight is 504 g/mol. The molecule has 0 fully saturated rings. The Morgan fingerprint density at radius 2 is 1.78 bits per heavy atom. The van der Waals surface area contributed by atoms with E-state index in [-0.39, 0.29) is 17.8 Å². The number of aromatic nitrogens is 4. The Hall–Kier alpha value is -4.05. The molecule has 0 saturated heterocycles. The summed E-state index contributed by atoms with van der Waals surface area (Å²) in [6.07, 6.45) is 0. The van der Waals surface area contributed by atoms with Crippen LogP contribution in [-0.2, 0) is 6.54 Å². The van der Waals surface area contributed by atoms with Crippen molar-refractivity contribution in [1.82, 2.24) is 30.2 Å². The fourth-order valence-electron chi connectivity index (χ4n) is 4.36. The maximum atomic E-state index is 13.6. The van der Waals surface area contributed by atoms with Crippen LogP contribution in [0.1, 0.15) is 42.7 Å². The van der Waals surface area contributed by atoms with Crippen LogP contribution in [0.15, 0.2) is 52.9 Å². The highest BCUT2D eigenvalue weighted by Crippen LogP contribution is 2.31. The number of nitrogens with one attached hydrogen (secondary N) is 2. The normalized spacial score (nSPS) is 15.9. The molecule has 1 aliphatic rings. The van der Waals surface area contributed by atoms with E-state index in [4.69, 9.17) is 9.40 Å². The van der Waals surface area contributed by atoms with Crippen molar-refractivity contribution >= 4 is 11.7 Å². The number of aryl methyl sites for hydroxylation is 1. The lowest BCUT2D eigenvalue weighted by molar-refractivity contribution is 0.0603. The van der Waals surface area contributed by atoms with Gasteiger partial charge in [0, 0.05) is 37.2 Å². The van der Waals surface area contributed by atoms with E-state index in [2.05, 4.69) is 34.8 Å². The van der Waals surface area contributed by atoms with Gasteiger partial charge in [0.25, 0.3) is 5.91 Å². The molecule has 0 radical (unpaired) electrons. The maximum absolute atomic E-state index is 13.6. The largest absolute Gasteiger partial charge is 0.421 e. The molecule has 2 aromatic heterocycles. The average Bonchev–Trinajstić information content (AvgIpc) is 3.47. The van der Waals surface area contributed by atoms with Crippen molar-refractivity contribution in [3.8, 4) is 22.8 Å². The molecular weight excluding hydrogens is 473 g/mol. The van der Waals surface area contributed by atoms with Gasteiger partial charge in [-0.15, -0.1) is 10.2 Å². The molecule has 0 aliphatic carbocycles. The zero-order valence-electron chi connectivity index (χ0n) is 21.3. The van der Waals surface area contributed by atoms with Crippen LogP contribution < -0.4 is 10.7 Å². The number of carbonyl (C=O) groups excluding carboxylic acids is 1.